The largest absolute Gasteiger partial charge is 0.256 e. The van der Waals surface area contributed by atoms with Crippen LogP contribution in [0.4, 0.5) is 4.39 Å². The molecule has 0 radical (unpaired) electrons. The van der Waals surface area contributed by atoms with Crippen LogP contribution in [0.2, 0.25) is 0 Å². The van der Waals surface area contributed by atoms with Gasteiger partial charge in [-0.05, 0) is 65.6 Å². The van der Waals surface area contributed by atoms with E-state index in [9.17, 15) is 4.39 Å². The van der Waals surface area contributed by atoms with Gasteiger partial charge in [-0.1, -0.05) is 50.5 Å². The molecule has 5 nitrogen and oxygen atoms in total. The van der Waals surface area contributed by atoms with Crippen molar-refractivity contribution >= 4 is 6.08 Å². The number of hydrogen-bond acceptors (Lipinski definition) is 4. The third-order valence-corrected chi connectivity index (χ3v) is 7.29. The van der Waals surface area contributed by atoms with Gasteiger partial charge in [0.1, 0.15) is 5.82 Å². The normalized spacial score (nSPS) is 28.2. The summed E-state index contributed by atoms with van der Waals surface area (Å²) in [5.74, 6) is 2.37. The second-order valence-electron chi connectivity index (χ2n) is 9.30. The molecule has 0 bridgehead atoms. The first-order valence-corrected chi connectivity index (χ1v) is 11.2. The average molecular weight is 418 g/mol. The molecule has 4 atom stereocenters. The molecule has 31 heavy (non-hydrogen) atoms. The summed E-state index contributed by atoms with van der Waals surface area (Å²) in [6.07, 6.45) is 12.6. The van der Waals surface area contributed by atoms with Crippen LogP contribution in [0.15, 0.2) is 48.7 Å². The van der Waals surface area contributed by atoms with Crippen LogP contribution in [0.3, 0.4) is 0 Å². The van der Waals surface area contributed by atoms with Crippen molar-refractivity contribution < 1.29 is 4.39 Å². The summed E-state index contributed by atoms with van der Waals surface area (Å²) in [5.41, 5.74) is 2.56. The van der Waals surface area contributed by atoms with Crippen LogP contribution in [-0.4, -0.2) is 25.2 Å². The molecule has 2 saturated carbocycles. The molecular weight excluding hydrogens is 389 g/mol. The van der Waals surface area contributed by atoms with Crippen molar-refractivity contribution in [2.24, 2.45) is 24.8 Å². The van der Waals surface area contributed by atoms with Crippen LogP contribution in [-0.2, 0) is 12.5 Å². The monoisotopic (exact) mass is 417 g/mol. The van der Waals surface area contributed by atoms with Crippen molar-refractivity contribution in [3.8, 4) is 11.1 Å². The van der Waals surface area contributed by atoms with Crippen molar-refractivity contribution in [1.29, 1.82) is 0 Å². The standard InChI is InChI=1S/C25H28FN5/c1-25(24-28-30-31(2)29-24)15-18-6-3-4-9-22(18)23(25)13-12-21-11-10-19(16-27-21)17-7-5-8-20(26)14-17/h5,7-8,10-14,16,18,22-23H,3-4,6,9,15H2,1-2H3/t18-,22+,23+,25+/m1/s1. The fourth-order valence-electron chi connectivity index (χ4n) is 5.77. The van der Waals surface area contributed by atoms with Gasteiger partial charge in [-0.25, -0.2) is 4.39 Å². The molecule has 0 saturated heterocycles. The van der Waals surface area contributed by atoms with Crippen LogP contribution < -0.4 is 0 Å². The second kappa shape index (κ2) is 7.98. The molecule has 1 aromatic carbocycles. The molecule has 3 aromatic rings. The zero-order chi connectivity index (χ0) is 21.4. The first kappa shape index (κ1) is 20.0. The molecule has 160 valence electrons. The highest BCUT2D eigenvalue weighted by Crippen LogP contribution is 2.56. The molecule has 6 heteroatoms. The van der Waals surface area contributed by atoms with Gasteiger partial charge < -0.3 is 0 Å². The summed E-state index contributed by atoms with van der Waals surface area (Å²) >= 11 is 0. The molecule has 2 aliphatic rings. The molecule has 0 amide bonds. The van der Waals surface area contributed by atoms with E-state index in [0.717, 1.165) is 35.0 Å². The van der Waals surface area contributed by atoms with E-state index in [4.69, 9.17) is 0 Å². The number of halogens is 1. The number of tetrazole rings is 1. The first-order chi connectivity index (χ1) is 15.0. The van der Waals surface area contributed by atoms with Gasteiger partial charge in [-0.15, -0.1) is 10.2 Å². The summed E-state index contributed by atoms with van der Waals surface area (Å²) < 4.78 is 13.5. The summed E-state index contributed by atoms with van der Waals surface area (Å²) in [7, 11) is 1.83. The number of hydrogen-bond donors (Lipinski definition) is 0. The minimum Gasteiger partial charge on any atom is -0.256 e. The number of aryl methyl sites for hydroxylation is 1. The molecule has 0 aliphatic heterocycles. The predicted octanol–water partition coefficient (Wildman–Crippen LogP) is 5.21. The molecule has 2 heterocycles. The first-order valence-electron chi connectivity index (χ1n) is 11.2. The predicted molar refractivity (Wildman–Crippen MR) is 118 cm³/mol. The molecule has 2 fully saturated rings. The van der Waals surface area contributed by atoms with E-state index >= 15 is 0 Å². The van der Waals surface area contributed by atoms with Crippen LogP contribution in [0.5, 0.6) is 0 Å². The quantitative estimate of drug-likeness (QED) is 0.585. The molecule has 2 aromatic heterocycles. The van der Waals surface area contributed by atoms with E-state index in [2.05, 4.69) is 39.5 Å². The van der Waals surface area contributed by atoms with Gasteiger partial charge in [-0.2, -0.15) is 4.80 Å². The molecule has 0 N–H and O–H groups in total. The Labute approximate surface area is 182 Å². The molecule has 2 aliphatic carbocycles. The zero-order valence-electron chi connectivity index (χ0n) is 18.1. The van der Waals surface area contributed by atoms with Gasteiger partial charge >= 0.3 is 0 Å². The number of aromatic nitrogens is 5. The molecule has 0 unspecified atom stereocenters. The fourth-order valence-corrected chi connectivity index (χ4v) is 5.77. The van der Waals surface area contributed by atoms with Crippen molar-refractivity contribution in [3.05, 3.63) is 66.0 Å². The lowest BCUT2D eigenvalue weighted by molar-refractivity contribution is 0.243. The van der Waals surface area contributed by atoms with E-state index in [0.29, 0.717) is 11.8 Å². The maximum absolute atomic E-state index is 13.5. The Kier molecular flexibility index (Phi) is 5.16. The number of pyridine rings is 1. The van der Waals surface area contributed by atoms with Gasteiger partial charge in [0.25, 0.3) is 0 Å². The number of benzene rings is 1. The Bertz CT molecular complexity index is 1090. The summed E-state index contributed by atoms with van der Waals surface area (Å²) in [5, 5.41) is 13.1. The maximum atomic E-state index is 13.5. The highest BCUT2D eigenvalue weighted by molar-refractivity contribution is 5.63. The molecular formula is C25H28FN5. The Morgan fingerprint density at radius 1 is 1.13 bits per heavy atom. The third kappa shape index (κ3) is 3.80. The van der Waals surface area contributed by atoms with Gasteiger partial charge in [0.2, 0.25) is 0 Å². The van der Waals surface area contributed by atoms with E-state index in [-0.39, 0.29) is 11.2 Å². The van der Waals surface area contributed by atoms with E-state index < -0.39 is 0 Å². The van der Waals surface area contributed by atoms with Crippen molar-refractivity contribution in [2.75, 3.05) is 0 Å². The number of rotatable bonds is 4. The van der Waals surface area contributed by atoms with Crippen LogP contribution in [0.1, 0.15) is 50.5 Å². The lowest BCUT2D eigenvalue weighted by Crippen LogP contribution is -2.30. The Morgan fingerprint density at radius 2 is 2.00 bits per heavy atom. The van der Waals surface area contributed by atoms with Crippen LogP contribution in [0.25, 0.3) is 17.2 Å². The van der Waals surface area contributed by atoms with Crippen molar-refractivity contribution in [2.45, 2.75) is 44.4 Å². The molecule has 0 spiro atoms. The van der Waals surface area contributed by atoms with E-state index in [1.807, 2.05) is 31.4 Å². The van der Waals surface area contributed by atoms with Crippen LogP contribution in [0, 0.1) is 23.6 Å². The Balaban J connectivity index is 1.42. The zero-order valence-corrected chi connectivity index (χ0v) is 18.1. The number of fused-ring (bicyclic) bond motifs is 1. The number of nitrogens with zero attached hydrogens (tertiary/aromatic N) is 5. The van der Waals surface area contributed by atoms with Crippen molar-refractivity contribution in [3.63, 3.8) is 0 Å². The summed E-state index contributed by atoms with van der Waals surface area (Å²) in [6, 6.07) is 10.6. The second-order valence-corrected chi connectivity index (χ2v) is 9.30. The van der Waals surface area contributed by atoms with E-state index in [1.54, 1.807) is 10.9 Å². The minimum absolute atomic E-state index is 0.105. The van der Waals surface area contributed by atoms with Gasteiger partial charge in [0.05, 0.1) is 12.7 Å². The molecule has 5 rings (SSSR count). The lowest BCUT2D eigenvalue weighted by atomic mass is 9.73. The third-order valence-electron chi connectivity index (χ3n) is 7.29. The Hall–Kier alpha value is -2.89. The fraction of sp³-hybridized carbons (Fsp3) is 0.440. The minimum atomic E-state index is -0.235. The van der Waals surface area contributed by atoms with Gasteiger partial charge in [-0.3, -0.25) is 4.98 Å². The smallest absolute Gasteiger partial charge is 0.181 e. The number of allylic oxidation sites excluding steroid dienone is 1. The van der Waals surface area contributed by atoms with Crippen LogP contribution >= 0.6 is 0 Å². The Morgan fingerprint density at radius 3 is 2.74 bits per heavy atom. The lowest BCUT2D eigenvalue weighted by Gasteiger charge is -2.31. The summed E-state index contributed by atoms with van der Waals surface area (Å²) in [4.78, 5) is 6.18. The van der Waals surface area contributed by atoms with Gasteiger partial charge in [0.15, 0.2) is 5.82 Å². The van der Waals surface area contributed by atoms with Gasteiger partial charge in [0, 0.05) is 17.2 Å². The topological polar surface area (TPSA) is 56.5 Å². The maximum Gasteiger partial charge on any atom is 0.181 e. The highest BCUT2D eigenvalue weighted by atomic mass is 19.1. The SMILES string of the molecule is Cn1nnc([C@@]2(C)C[C@H]3CCCC[C@@H]3[C@@H]2C=Cc2ccc(-c3cccc(F)c3)cn2)n1. The summed E-state index contributed by atoms with van der Waals surface area (Å²) in [6.45, 7) is 2.30. The van der Waals surface area contributed by atoms with Crippen molar-refractivity contribution in [1.82, 2.24) is 25.2 Å². The van der Waals surface area contributed by atoms with E-state index in [1.165, 1.54) is 37.8 Å². The highest BCUT2D eigenvalue weighted by Gasteiger charge is 2.52. The average Bonchev–Trinajstić information content (AvgIpc) is 3.34.